The van der Waals surface area contributed by atoms with Gasteiger partial charge in [-0.25, -0.2) is 0 Å². The third kappa shape index (κ3) is 4.11. The Labute approximate surface area is 128 Å². The van der Waals surface area contributed by atoms with Gasteiger partial charge in [0.05, 0.1) is 14.2 Å². The molecule has 1 fully saturated rings. The van der Waals surface area contributed by atoms with Crippen molar-refractivity contribution in [2.24, 2.45) is 11.1 Å². The van der Waals surface area contributed by atoms with E-state index in [2.05, 4.69) is 18.7 Å². The van der Waals surface area contributed by atoms with Gasteiger partial charge in [0.15, 0.2) is 0 Å². The molecule has 21 heavy (non-hydrogen) atoms. The molecule has 1 aliphatic rings. The number of nitrogens with zero attached hydrogens (tertiary/aromatic N) is 1. The molecule has 1 aromatic carbocycles. The average Bonchev–Trinajstić information content (AvgIpc) is 2.45. The number of nitrogens with two attached hydrogens (primary N) is 1. The molecule has 1 aromatic rings. The molecule has 2 rings (SSSR count). The third-order valence-corrected chi connectivity index (χ3v) is 4.27. The van der Waals surface area contributed by atoms with Crippen LogP contribution in [0.2, 0.25) is 0 Å². The van der Waals surface area contributed by atoms with Crippen molar-refractivity contribution in [3.63, 3.8) is 0 Å². The number of ether oxygens (including phenoxy) is 2. The summed E-state index contributed by atoms with van der Waals surface area (Å²) in [4.78, 5) is 2.47. The van der Waals surface area contributed by atoms with E-state index in [4.69, 9.17) is 15.2 Å². The van der Waals surface area contributed by atoms with Gasteiger partial charge in [-0.1, -0.05) is 19.9 Å². The maximum absolute atomic E-state index is 6.42. The topological polar surface area (TPSA) is 47.7 Å². The van der Waals surface area contributed by atoms with E-state index < -0.39 is 0 Å². The summed E-state index contributed by atoms with van der Waals surface area (Å²) >= 11 is 0. The van der Waals surface area contributed by atoms with Crippen molar-refractivity contribution >= 4 is 0 Å². The lowest BCUT2D eigenvalue weighted by Crippen LogP contribution is -2.43. The Hall–Kier alpha value is -1.26. The van der Waals surface area contributed by atoms with E-state index in [-0.39, 0.29) is 6.04 Å². The molecular weight excluding hydrogens is 264 g/mol. The first-order valence-electron chi connectivity index (χ1n) is 7.65. The standard InChI is InChI=1S/C17H28N2O2/c1-17(2)8-5-9-19(12-17)11-15(18)14-7-6-13(20-3)10-16(14)21-4/h6-7,10,15H,5,8-9,11-12,18H2,1-4H3. The number of hydrogen-bond donors (Lipinski definition) is 1. The van der Waals surface area contributed by atoms with E-state index in [1.807, 2.05) is 18.2 Å². The maximum Gasteiger partial charge on any atom is 0.127 e. The van der Waals surface area contributed by atoms with Crippen molar-refractivity contribution < 1.29 is 9.47 Å². The predicted molar refractivity (Wildman–Crippen MR) is 85.9 cm³/mol. The molecule has 1 atom stereocenters. The van der Waals surface area contributed by atoms with Crippen LogP contribution in [0, 0.1) is 5.41 Å². The van der Waals surface area contributed by atoms with Gasteiger partial charge in [-0.2, -0.15) is 0 Å². The fourth-order valence-electron chi connectivity index (χ4n) is 3.20. The minimum Gasteiger partial charge on any atom is -0.497 e. The SMILES string of the molecule is COc1ccc(C(N)CN2CCCC(C)(C)C2)c(OC)c1. The van der Waals surface area contributed by atoms with Crippen LogP contribution in [0.25, 0.3) is 0 Å². The van der Waals surface area contributed by atoms with Crippen LogP contribution in [0.15, 0.2) is 18.2 Å². The Morgan fingerprint density at radius 2 is 2.05 bits per heavy atom. The Balaban J connectivity index is 2.07. The Bertz CT molecular complexity index is 474. The van der Waals surface area contributed by atoms with Crippen LogP contribution in [0.1, 0.15) is 38.3 Å². The van der Waals surface area contributed by atoms with Gasteiger partial charge < -0.3 is 20.1 Å². The van der Waals surface area contributed by atoms with Crippen LogP contribution in [0.5, 0.6) is 11.5 Å². The highest BCUT2D eigenvalue weighted by molar-refractivity contribution is 5.42. The number of methoxy groups -OCH3 is 2. The molecule has 0 spiro atoms. The van der Waals surface area contributed by atoms with Crippen molar-refractivity contribution in [2.75, 3.05) is 33.9 Å². The lowest BCUT2D eigenvalue weighted by molar-refractivity contribution is 0.112. The van der Waals surface area contributed by atoms with Crippen molar-refractivity contribution in [3.05, 3.63) is 23.8 Å². The highest BCUT2D eigenvalue weighted by Gasteiger charge is 2.27. The van der Waals surface area contributed by atoms with Gasteiger partial charge in [0.2, 0.25) is 0 Å². The second-order valence-corrected chi connectivity index (χ2v) is 6.72. The molecule has 0 radical (unpaired) electrons. The van der Waals surface area contributed by atoms with Crippen LogP contribution in [0.3, 0.4) is 0 Å². The smallest absolute Gasteiger partial charge is 0.127 e. The fraction of sp³-hybridized carbons (Fsp3) is 0.647. The second-order valence-electron chi connectivity index (χ2n) is 6.72. The van der Waals surface area contributed by atoms with Gasteiger partial charge in [-0.05, 0) is 30.9 Å². The summed E-state index contributed by atoms with van der Waals surface area (Å²) in [6, 6.07) is 5.81. The van der Waals surface area contributed by atoms with Crippen LogP contribution in [-0.2, 0) is 0 Å². The van der Waals surface area contributed by atoms with Gasteiger partial charge in [0.1, 0.15) is 11.5 Å². The second kappa shape index (κ2) is 6.67. The van der Waals surface area contributed by atoms with Gasteiger partial charge in [0, 0.05) is 30.8 Å². The maximum atomic E-state index is 6.42. The van der Waals surface area contributed by atoms with E-state index >= 15 is 0 Å². The summed E-state index contributed by atoms with van der Waals surface area (Å²) in [6.45, 7) is 7.78. The number of hydrogen-bond acceptors (Lipinski definition) is 4. The van der Waals surface area contributed by atoms with Crippen LogP contribution >= 0.6 is 0 Å². The molecule has 4 nitrogen and oxygen atoms in total. The van der Waals surface area contributed by atoms with E-state index in [1.165, 1.54) is 12.8 Å². The van der Waals surface area contributed by atoms with E-state index in [1.54, 1.807) is 14.2 Å². The highest BCUT2D eigenvalue weighted by Crippen LogP contribution is 2.32. The molecule has 4 heteroatoms. The molecule has 0 aromatic heterocycles. The van der Waals surface area contributed by atoms with Gasteiger partial charge >= 0.3 is 0 Å². The average molecular weight is 292 g/mol. The van der Waals surface area contributed by atoms with Crippen molar-refractivity contribution in [2.45, 2.75) is 32.7 Å². The van der Waals surface area contributed by atoms with Crippen molar-refractivity contribution in [3.8, 4) is 11.5 Å². The van der Waals surface area contributed by atoms with Gasteiger partial charge in [0.25, 0.3) is 0 Å². The first-order valence-corrected chi connectivity index (χ1v) is 7.65. The van der Waals surface area contributed by atoms with E-state index in [0.717, 1.165) is 36.7 Å². The van der Waals surface area contributed by atoms with Gasteiger partial charge in [-0.3, -0.25) is 0 Å². The molecule has 1 aliphatic heterocycles. The zero-order valence-electron chi connectivity index (χ0n) is 13.7. The molecule has 2 N–H and O–H groups in total. The molecule has 1 saturated heterocycles. The Morgan fingerprint density at radius 3 is 2.67 bits per heavy atom. The molecule has 0 amide bonds. The monoisotopic (exact) mass is 292 g/mol. The summed E-state index contributed by atoms with van der Waals surface area (Å²) < 4.78 is 10.7. The van der Waals surface area contributed by atoms with Crippen LogP contribution < -0.4 is 15.2 Å². The lowest BCUT2D eigenvalue weighted by atomic mass is 9.84. The quantitative estimate of drug-likeness (QED) is 0.906. The molecular formula is C17H28N2O2. The Kier molecular flexibility index (Phi) is 5.12. The summed E-state index contributed by atoms with van der Waals surface area (Å²) in [7, 11) is 3.33. The highest BCUT2D eigenvalue weighted by atomic mass is 16.5. The first-order chi connectivity index (χ1) is 9.95. The molecule has 1 unspecified atom stereocenters. The predicted octanol–water partition coefficient (Wildman–Crippen LogP) is 2.83. The van der Waals surface area contributed by atoms with Crippen molar-refractivity contribution in [1.82, 2.24) is 4.90 Å². The minimum absolute atomic E-state index is 0.0419. The minimum atomic E-state index is -0.0419. The van der Waals surface area contributed by atoms with Gasteiger partial charge in [-0.15, -0.1) is 0 Å². The Morgan fingerprint density at radius 1 is 1.29 bits per heavy atom. The zero-order chi connectivity index (χ0) is 15.5. The fourth-order valence-corrected chi connectivity index (χ4v) is 3.20. The van der Waals surface area contributed by atoms with E-state index in [9.17, 15) is 0 Å². The third-order valence-electron chi connectivity index (χ3n) is 4.27. The number of rotatable bonds is 5. The summed E-state index contributed by atoms with van der Waals surface area (Å²) in [5, 5.41) is 0. The summed E-state index contributed by atoms with van der Waals surface area (Å²) in [6.07, 6.45) is 2.55. The number of likely N-dealkylation sites (tertiary alicyclic amines) is 1. The first kappa shape index (κ1) is 16.1. The number of piperidine rings is 1. The molecule has 118 valence electrons. The lowest BCUT2D eigenvalue weighted by Gasteiger charge is -2.39. The molecule has 1 heterocycles. The van der Waals surface area contributed by atoms with Crippen molar-refractivity contribution in [1.29, 1.82) is 0 Å². The number of benzene rings is 1. The molecule has 0 bridgehead atoms. The van der Waals surface area contributed by atoms with E-state index in [0.29, 0.717) is 5.41 Å². The summed E-state index contributed by atoms with van der Waals surface area (Å²) in [5.74, 6) is 1.60. The van der Waals surface area contributed by atoms with Crippen LogP contribution in [0.4, 0.5) is 0 Å². The van der Waals surface area contributed by atoms with Crippen LogP contribution in [-0.4, -0.2) is 38.8 Å². The largest absolute Gasteiger partial charge is 0.497 e. The molecule has 0 aliphatic carbocycles. The zero-order valence-corrected chi connectivity index (χ0v) is 13.7. The molecule has 0 saturated carbocycles. The normalized spacial score (nSPS) is 20.0. The summed E-state index contributed by atoms with van der Waals surface area (Å²) in [5.41, 5.74) is 7.85.